The molecule has 2 aromatic carbocycles. The van der Waals surface area contributed by atoms with Crippen LogP contribution in [-0.4, -0.2) is 5.91 Å². The van der Waals surface area contributed by atoms with E-state index in [9.17, 15) is 4.79 Å². The summed E-state index contributed by atoms with van der Waals surface area (Å²) < 4.78 is 0. The third-order valence-corrected chi connectivity index (χ3v) is 4.84. The van der Waals surface area contributed by atoms with Gasteiger partial charge in [0.2, 0.25) is 5.91 Å². The summed E-state index contributed by atoms with van der Waals surface area (Å²) in [5.74, 6) is -0.222. The molecule has 1 amide bonds. The highest BCUT2D eigenvalue weighted by Crippen LogP contribution is 2.30. The second-order valence-corrected chi connectivity index (χ2v) is 6.96. The number of hydrogen-bond acceptors (Lipinski definition) is 3. The van der Waals surface area contributed by atoms with E-state index in [4.69, 9.17) is 5.73 Å². The summed E-state index contributed by atoms with van der Waals surface area (Å²) >= 11 is 1.65. The molecule has 0 atom stereocenters. The summed E-state index contributed by atoms with van der Waals surface area (Å²) in [5, 5.41) is 4.88. The van der Waals surface area contributed by atoms with Crippen molar-refractivity contribution in [2.45, 2.75) is 6.92 Å². The molecule has 3 rings (SSSR count). The average molecular weight is 360 g/mol. The molecule has 0 fully saturated rings. The molecule has 1 aromatic heterocycles. The lowest BCUT2D eigenvalue weighted by Crippen LogP contribution is -2.09. The van der Waals surface area contributed by atoms with Crippen LogP contribution in [0.3, 0.4) is 0 Å². The Hall–Kier alpha value is -3.11. The minimum Gasteiger partial charge on any atom is -0.397 e. The topological polar surface area (TPSA) is 55.1 Å². The summed E-state index contributed by atoms with van der Waals surface area (Å²) in [5.41, 5.74) is 11.2. The van der Waals surface area contributed by atoms with Gasteiger partial charge >= 0.3 is 0 Å². The molecule has 0 spiro atoms. The molecule has 0 aliphatic carbocycles. The van der Waals surface area contributed by atoms with E-state index >= 15 is 0 Å². The van der Waals surface area contributed by atoms with Gasteiger partial charge in [0.05, 0.1) is 11.4 Å². The zero-order valence-electron chi connectivity index (χ0n) is 14.5. The van der Waals surface area contributed by atoms with Crippen molar-refractivity contribution < 1.29 is 4.79 Å². The van der Waals surface area contributed by atoms with E-state index in [1.54, 1.807) is 17.4 Å². The van der Waals surface area contributed by atoms with Gasteiger partial charge in [-0.25, -0.2) is 0 Å². The number of rotatable bonds is 5. The number of nitrogen functional groups attached to an aromatic ring is 1. The number of allylic oxidation sites excluding steroid dienone is 1. The molecule has 3 N–H and O–H groups in total. The van der Waals surface area contributed by atoms with Crippen molar-refractivity contribution in [3.63, 3.8) is 0 Å². The van der Waals surface area contributed by atoms with E-state index in [1.807, 2.05) is 66.9 Å². The zero-order valence-corrected chi connectivity index (χ0v) is 15.3. The Morgan fingerprint density at radius 1 is 1.15 bits per heavy atom. The first-order chi connectivity index (χ1) is 12.5. The molecule has 0 saturated carbocycles. The quantitative estimate of drug-likeness (QED) is 0.454. The highest BCUT2D eigenvalue weighted by molar-refractivity contribution is 7.13. The number of carbonyl (C=O) groups excluding carboxylic acids is 1. The zero-order chi connectivity index (χ0) is 18.5. The fraction of sp³-hybridized carbons (Fsp3) is 0.0455. The Labute approximate surface area is 157 Å². The molecule has 0 aliphatic rings. The van der Waals surface area contributed by atoms with Crippen LogP contribution >= 0.6 is 11.3 Å². The fourth-order valence-corrected chi connectivity index (χ4v) is 3.24. The number of hydrogen-bond donors (Lipinski definition) is 2. The predicted molar refractivity (Wildman–Crippen MR) is 113 cm³/mol. The van der Waals surface area contributed by atoms with Crippen molar-refractivity contribution in [3.8, 4) is 10.4 Å². The van der Waals surface area contributed by atoms with Gasteiger partial charge in [0, 0.05) is 11.0 Å². The van der Waals surface area contributed by atoms with Gasteiger partial charge in [0.1, 0.15) is 0 Å². The normalized spacial score (nSPS) is 10.8. The lowest BCUT2D eigenvalue weighted by Gasteiger charge is -2.08. The van der Waals surface area contributed by atoms with Crippen molar-refractivity contribution in [1.82, 2.24) is 0 Å². The first-order valence-electron chi connectivity index (χ1n) is 8.21. The molecule has 4 heteroatoms. The van der Waals surface area contributed by atoms with Crippen LogP contribution in [0.25, 0.3) is 22.1 Å². The van der Waals surface area contributed by atoms with Crippen molar-refractivity contribution in [2.75, 3.05) is 11.1 Å². The highest BCUT2D eigenvalue weighted by atomic mass is 32.1. The Bertz CT molecular complexity index is 972. The van der Waals surface area contributed by atoms with Gasteiger partial charge in [-0.15, -0.1) is 11.3 Å². The van der Waals surface area contributed by atoms with Crippen LogP contribution in [0.2, 0.25) is 0 Å². The smallest absolute Gasteiger partial charge is 0.248 e. The molecule has 1 heterocycles. The van der Waals surface area contributed by atoms with E-state index in [1.165, 1.54) is 6.08 Å². The van der Waals surface area contributed by atoms with Crippen molar-refractivity contribution in [3.05, 3.63) is 83.8 Å². The summed E-state index contributed by atoms with van der Waals surface area (Å²) in [6.07, 6.45) is 3.29. The van der Waals surface area contributed by atoms with E-state index in [2.05, 4.69) is 11.9 Å². The van der Waals surface area contributed by atoms with Crippen LogP contribution in [0.15, 0.2) is 72.6 Å². The number of anilines is 2. The Kier molecular flexibility index (Phi) is 5.34. The number of carbonyl (C=O) groups is 1. The maximum atomic E-state index is 12.3. The number of nitrogens with one attached hydrogen (secondary N) is 1. The Balaban J connectivity index is 1.75. The molecule has 3 aromatic rings. The Morgan fingerprint density at radius 3 is 2.73 bits per heavy atom. The van der Waals surface area contributed by atoms with Gasteiger partial charge < -0.3 is 11.1 Å². The number of thiophene rings is 1. The fourth-order valence-electron chi connectivity index (χ4n) is 2.51. The third kappa shape index (κ3) is 4.29. The maximum absolute atomic E-state index is 12.3. The summed E-state index contributed by atoms with van der Waals surface area (Å²) in [6, 6.07) is 17.6. The molecule has 0 bridgehead atoms. The number of nitrogens with two attached hydrogens (primary N) is 1. The van der Waals surface area contributed by atoms with Crippen LogP contribution in [0.1, 0.15) is 18.1 Å². The van der Waals surface area contributed by atoms with Gasteiger partial charge in [-0.1, -0.05) is 42.5 Å². The molecule has 0 saturated heterocycles. The van der Waals surface area contributed by atoms with Crippen molar-refractivity contribution in [1.29, 1.82) is 0 Å². The molecule has 3 nitrogen and oxygen atoms in total. The average Bonchev–Trinajstić information content (AvgIpc) is 3.17. The first kappa shape index (κ1) is 17.7. The molecule has 26 heavy (non-hydrogen) atoms. The molecule has 0 aliphatic heterocycles. The summed E-state index contributed by atoms with van der Waals surface area (Å²) in [6.45, 7) is 5.90. The lowest BCUT2D eigenvalue weighted by molar-refractivity contribution is -0.111. The van der Waals surface area contributed by atoms with Gasteiger partial charge in [-0.3, -0.25) is 4.79 Å². The lowest BCUT2D eigenvalue weighted by atomic mass is 10.1. The van der Waals surface area contributed by atoms with E-state index in [-0.39, 0.29) is 5.91 Å². The van der Waals surface area contributed by atoms with E-state index < -0.39 is 0 Å². The van der Waals surface area contributed by atoms with Crippen LogP contribution < -0.4 is 11.1 Å². The third-order valence-electron chi connectivity index (χ3n) is 3.92. The minimum atomic E-state index is -0.222. The summed E-state index contributed by atoms with van der Waals surface area (Å²) in [4.78, 5) is 13.4. The molecular formula is C22H20N2OS. The summed E-state index contributed by atoms with van der Waals surface area (Å²) in [7, 11) is 0. The van der Waals surface area contributed by atoms with Crippen molar-refractivity contribution >= 4 is 40.3 Å². The van der Waals surface area contributed by atoms with E-state index in [0.717, 1.165) is 27.1 Å². The van der Waals surface area contributed by atoms with Gasteiger partial charge in [0.15, 0.2) is 0 Å². The molecule has 130 valence electrons. The van der Waals surface area contributed by atoms with Crippen LogP contribution in [0.5, 0.6) is 0 Å². The molecular weight excluding hydrogens is 340 g/mol. The molecule has 0 unspecified atom stereocenters. The van der Waals surface area contributed by atoms with E-state index in [0.29, 0.717) is 11.4 Å². The Morgan fingerprint density at radius 2 is 2.00 bits per heavy atom. The second-order valence-electron chi connectivity index (χ2n) is 6.01. The highest BCUT2D eigenvalue weighted by Gasteiger charge is 2.06. The SMILES string of the molecule is C=C(C)c1cccc(/C=C/C(=O)Nc2cc(-c3cccs3)ccc2N)c1. The predicted octanol–water partition coefficient (Wildman–Crippen LogP) is 5.68. The minimum absolute atomic E-state index is 0.222. The van der Waals surface area contributed by atoms with Crippen LogP contribution in [-0.2, 0) is 4.79 Å². The van der Waals surface area contributed by atoms with Crippen LogP contribution in [0, 0.1) is 0 Å². The van der Waals surface area contributed by atoms with Gasteiger partial charge in [-0.2, -0.15) is 0 Å². The number of amides is 1. The largest absolute Gasteiger partial charge is 0.397 e. The second kappa shape index (κ2) is 7.85. The maximum Gasteiger partial charge on any atom is 0.248 e. The van der Waals surface area contributed by atoms with Crippen molar-refractivity contribution in [2.24, 2.45) is 0 Å². The first-order valence-corrected chi connectivity index (χ1v) is 9.09. The number of benzene rings is 2. The monoisotopic (exact) mass is 360 g/mol. The van der Waals surface area contributed by atoms with Gasteiger partial charge in [-0.05, 0) is 59.3 Å². The molecule has 0 radical (unpaired) electrons. The van der Waals surface area contributed by atoms with Crippen LogP contribution in [0.4, 0.5) is 11.4 Å². The van der Waals surface area contributed by atoms with Gasteiger partial charge in [0.25, 0.3) is 0 Å². The standard InChI is InChI=1S/C22H20N2OS/c1-15(2)17-6-3-5-16(13-17)8-11-22(25)24-20-14-18(9-10-19(20)23)21-7-4-12-26-21/h3-14H,1,23H2,2H3,(H,24,25)/b11-8+.